The molecule has 1 N–H and O–H groups in total. The van der Waals surface area contributed by atoms with Crippen LogP contribution in [0.15, 0.2) is 50.6 Å². The number of nitrogens with zero attached hydrogens (tertiary/aromatic N) is 2. The number of nitrogens with one attached hydrogen (secondary N) is 1. The third-order valence-corrected chi connectivity index (χ3v) is 2.64. The van der Waals surface area contributed by atoms with Gasteiger partial charge in [0.05, 0.1) is 17.8 Å². The Morgan fingerprint density at radius 3 is 2.63 bits per heavy atom. The molecule has 2 aromatic rings. The van der Waals surface area contributed by atoms with Crippen molar-refractivity contribution in [2.75, 3.05) is 0 Å². The zero-order valence-electron chi connectivity index (χ0n) is 9.63. The second-order valence-electron chi connectivity index (χ2n) is 3.54. The van der Waals surface area contributed by atoms with Gasteiger partial charge in [0.15, 0.2) is 10.4 Å². The minimum Gasteiger partial charge on any atom is -0.444 e. The molecule has 0 bridgehead atoms. The van der Waals surface area contributed by atoms with E-state index in [1.165, 1.54) is 12.3 Å². The number of halogens is 1. The van der Waals surface area contributed by atoms with Gasteiger partial charge in [-0.05, 0) is 45.8 Å². The molecule has 0 atom stereocenters. The van der Waals surface area contributed by atoms with Gasteiger partial charge < -0.3 is 4.42 Å². The number of nitriles is 1. The number of carbonyl (C=O) groups is 1. The van der Waals surface area contributed by atoms with Crippen molar-refractivity contribution in [2.24, 2.45) is 5.10 Å². The highest BCUT2D eigenvalue weighted by Crippen LogP contribution is 2.13. The van der Waals surface area contributed by atoms with Gasteiger partial charge in [0, 0.05) is 0 Å². The second kappa shape index (κ2) is 5.98. The van der Waals surface area contributed by atoms with Crippen molar-refractivity contribution in [3.63, 3.8) is 0 Å². The van der Waals surface area contributed by atoms with Crippen LogP contribution in [0.4, 0.5) is 0 Å². The smallest absolute Gasteiger partial charge is 0.307 e. The molecule has 5 nitrogen and oxygen atoms in total. The maximum atomic E-state index is 11.6. The van der Waals surface area contributed by atoms with E-state index in [9.17, 15) is 4.79 Å². The van der Waals surface area contributed by atoms with E-state index in [0.717, 1.165) is 5.56 Å². The fraction of sp³-hybridized carbons (Fsp3) is 0. The first-order chi connectivity index (χ1) is 9.19. The maximum absolute atomic E-state index is 11.6. The Morgan fingerprint density at radius 1 is 1.32 bits per heavy atom. The Labute approximate surface area is 117 Å². The van der Waals surface area contributed by atoms with E-state index in [4.69, 9.17) is 9.68 Å². The van der Waals surface area contributed by atoms with Crippen LogP contribution in [0.1, 0.15) is 21.7 Å². The van der Waals surface area contributed by atoms with Gasteiger partial charge in [0.1, 0.15) is 0 Å². The second-order valence-corrected chi connectivity index (χ2v) is 4.32. The van der Waals surface area contributed by atoms with Gasteiger partial charge in [-0.15, -0.1) is 0 Å². The lowest BCUT2D eigenvalue weighted by Gasteiger charge is -1.95. The van der Waals surface area contributed by atoms with E-state index < -0.39 is 5.91 Å². The molecular formula is C13H8BrN3O2. The third kappa shape index (κ3) is 3.53. The molecule has 94 valence electrons. The molecule has 0 aliphatic carbocycles. The number of carbonyl (C=O) groups excluding carboxylic acids is 1. The van der Waals surface area contributed by atoms with E-state index in [1.54, 1.807) is 30.3 Å². The maximum Gasteiger partial charge on any atom is 0.307 e. The van der Waals surface area contributed by atoms with Crippen LogP contribution in [0.25, 0.3) is 0 Å². The van der Waals surface area contributed by atoms with Gasteiger partial charge >= 0.3 is 5.91 Å². The number of furan rings is 1. The first-order valence-electron chi connectivity index (χ1n) is 5.28. The SMILES string of the molecule is N#Cc1ccc(/C=N\NC(=O)c2ccc(Br)o2)cc1. The summed E-state index contributed by atoms with van der Waals surface area (Å²) in [6.07, 6.45) is 1.48. The molecule has 1 aromatic carbocycles. The summed E-state index contributed by atoms with van der Waals surface area (Å²) in [5.41, 5.74) is 3.69. The summed E-state index contributed by atoms with van der Waals surface area (Å²) in [6, 6.07) is 12.0. The first-order valence-corrected chi connectivity index (χ1v) is 6.07. The Bertz CT molecular complexity index is 653. The molecule has 0 aliphatic rings. The predicted molar refractivity (Wildman–Crippen MR) is 72.6 cm³/mol. The minimum absolute atomic E-state index is 0.170. The van der Waals surface area contributed by atoms with Crippen molar-refractivity contribution in [3.8, 4) is 6.07 Å². The van der Waals surface area contributed by atoms with Crippen LogP contribution < -0.4 is 5.43 Å². The average molecular weight is 318 g/mol. The van der Waals surface area contributed by atoms with Gasteiger partial charge in [0.2, 0.25) is 0 Å². The molecule has 0 spiro atoms. The number of amides is 1. The van der Waals surface area contributed by atoms with Gasteiger partial charge in [0.25, 0.3) is 0 Å². The monoisotopic (exact) mass is 317 g/mol. The van der Waals surface area contributed by atoms with Gasteiger partial charge in [-0.1, -0.05) is 12.1 Å². The van der Waals surface area contributed by atoms with Crippen molar-refractivity contribution in [1.29, 1.82) is 5.26 Å². The summed E-state index contributed by atoms with van der Waals surface area (Å²) in [4.78, 5) is 11.6. The Balaban J connectivity index is 1.96. The lowest BCUT2D eigenvalue weighted by Crippen LogP contribution is -2.16. The average Bonchev–Trinajstić information content (AvgIpc) is 2.86. The summed E-state index contributed by atoms with van der Waals surface area (Å²) in [5, 5.41) is 12.5. The van der Waals surface area contributed by atoms with Crippen LogP contribution in [0.2, 0.25) is 0 Å². The first kappa shape index (κ1) is 13.1. The number of hydrazone groups is 1. The number of rotatable bonds is 3. The number of benzene rings is 1. The van der Waals surface area contributed by atoms with Crippen molar-refractivity contribution in [2.45, 2.75) is 0 Å². The van der Waals surface area contributed by atoms with Crippen molar-refractivity contribution in [3.05, 3.63) is 58.0 Å². The molecule has 0 saturated heterocycles. The molecule has 0 radical (unpaired) electrons. The van der Waals surface area contributed by atoms with Gasteiger partial charge in [-0.25, -0.2) is 5.43 Å². The van der Waals surface area contributed by atoms with Crippen LogP contribution in [-0.2, 0) is 0 Å². The van der Waals surface area contributed by atoms with Crippen molar-refractivity contribution >= 4 is 28.1 Å². The number of hydrogen-bond acceptors (Lipinski definition) is 4. The molecule has 1 aromatic heterocycles. The molecule has 2 rings (SSSR count). The Hall–Kier alpha value is -2.39. The van der Waals surface area contributed by atoms with E-state index >= 15 is 0 Å². The lowest BCUT2D eigenvalue weighted by atomic mass is 10.2. The predicted octanol–water partition coefficient (Wildman–Crippen LogP) is 2.68. The van der Waals surface area contributed by atoms with Crippen LogP contribution in [0.5, 0.6) is 0 Å². The summed E-state index contributed by atoms with van der Waals surface area (Å²) >= 11 is 3.11. The van der Waals surface area contributed by atoms with E-state index in [1.807, 2.05) is 6.07 Å². The molecule has 1 heterocycles. The van der Waals surface area contributed by atoms with Crippen LogP contribution in [-0.4, -0.2) is 12.1 Å². The highest BCUT2D eigenvalue weighted by molar-refractivity contribution is 9.10. The summed E-state index contributed by atoms with van der Waals surface area (Å²) < 4.78 is 5.55. The van der Waals surface area contributed by atoms with E-state index in [2.05, 4.69) is 26.5 Å². The zero-order chi connectivity index (χ0) is 13.7. The van der Waals surface area contributed by atoms with Crippen molar-refractivity contribution < 1.29 is 9.21 Å². The molecular weight excluding hydrogens is 310 g/mol. The fourth-order valence-corrected chi connectivity index (χ4v) is 1.61. The van der Waals surface area contributed by atoms with E-state index in [-0.39, 0.29) is 5.76 Å². The quantitative estimate of drug-likeness (QED) is 0.698. The molecule has 19 heavy (non-hydrogen) atoms. The van der Waals surface area contributed by atoms with Crippen LogP contribution in [0.3, 0.4) is 0 Å². The zero-order valence-corrected chi connectivity index (χ0v) is 11.2. The lowest BCUT2D eigenvalue weighted by molar-refractivity contribution is 0.0926. The fourth-order valence-electron chi connectivity index (χ4n) is 1.30. The molecule has 0 saturated carbocycles. The summed E-state index contributed by atoms with van der Waals surface area (Å²) in [7, 11) is 0. The summed E-state index contributed by atoms with van der Waals surface area (Å²) in [6.45, 7) is 0. The standard InChI is InChI=1S/C13H8BrN3O2/c14-12-6-5-11(19-12)13(18)17-16-8-10-3-1-9(7-15)2-4-10/h1-6,8H,(H,17,18)/b16-8-. The van der Waals surface area contributed by atoms with Crippen molar-refractivity contribution in [1.82, 2.24) is 5.43 Å². The van der Waals surface area contributed by atoms with Crippen LogP contribution in [0, 0.1) is 11.3 Å². The molecule has 0 unspecified atom stereocenters. The van der Waals surface area contributed by atoms with Gasteiger partial charge in [-0.3, -0.25) is 4.79 Å². The molecule has 0 aliphatic heterocycles. The highest BCUT2D eigenvalue weighted by Gasteiger charge is 2.08. The molecule has 0 fully saturated rings. The minimum atomic E-state index is -0.435. The van der Waals surface area contributed by atoms with Gasteiger partial charge in [-0.2, -0.15) is 10.4 Å². The Kier molecular flexibility index (Phi) is 4.11. The molecule has 1 amide bonds. The van der Waals surface area contributed by atoms with E-state index in [0.29, 0.717) is 10.2 Å². The van der Waals surface area contributed by atoms with Crippen LogP contribution >= 0.6 is 15.9 Å². The Morgan fingerprint density at radius 2 is 2.05 bits per heavy atom. The highest BCUT2D eigenvalue weighted by atomic mass is 79.9. The topological polar surface area (TPSA) is 78.4 Å². The number of hydrogen-bond donors (Lipinski definition) is 1. The molecule has 6 heteroatoms. The normalized spacial score (nSPS) is 10.3. The summed E-state index contributed by atoms with van der Waals surface area (Å²) in [5.74, 6) is -0.264. The third-order valence-electron chi connectivity index (χ3n) is 2.22. The largest absolute Gasteiger partial charge is 0.444 e.